The highest BCUT2D eigenvalue weighted by Gasteiger charge is 2.30. The molecule has 130 valence electrons. The van der Waals surface area contributed by atoms with E-state index in [0.717, 1.165) is 0 Å². The van der Waals surface area contributed by atoms with E-state index in [-0.39, 0.29) is 17.1 Å². The monoisotopic (exact) mass is 336 g/mol. The standard InChI is InChI=1S/C17H21FN2O4/c1-17(2,3)16(23)24-20-9-7-19(8-10-20)15(22)13-6-4-5-12(11-21)14(13)18/h4-6,11H,7-10H2,1-3H3. The molecule has 1 amide bonds. The summed E-state index contributed by atoms with van der Waals surface area (Å²) < 4.78 is 14.1. The molecule has 1 fully saturated rings. The third-order valence-electron chi connectivity index (χ3n) is 3.74. The number of aldehydes is 1. The number of hydroxylamine groups is 2. The molecule has 1 aliphatic heterocycles. The minimum Gasteiger partial charge on any atom is -0.367 e. The molecule has 7 heteroatoms. The summed E-state index contributed by atoms with van der Waals surface area (Å²) in [6.07, 6.45) is 0.385. The van der Waals surface area contributed by atoms with Gasteiger partial charge in [0.2, 0.25) is 0 Å². The van der Waals surface area contributed by atoms with Gasteiger partial charge >= 0.3 is 5.97 Å². The fraction of sp³-hybridized carbons (Fsp3) is 0.471. The molecule has 0 N–H and O–H groups in total. The van der Waals surface area contributed by atoms with Crippen molar-refractivity contribution in [2.45, 2.75) is 20.8 Å². The van der Waals surface area contributed by atoms with E-state index in [4.69, 9.17) is 4.84 Å². The summed E-state index contributed by atoms with van der Waals surface area (Å²) in [7, 11) is 0. The van der Waals surface area contributed by atoms with Crippen molar-refractivity contribution in [3.63, 3.8) is 0 Å². The van der Waals surface area contributed by atoms with Crippen LogP contribution in [0.2, 0.25) is 0 Å². The zero-order chi connectivity index (χ0) is 17.9. The first-order chi connectivity index (χ1) is 11.2. The summed E-state index contributed by atoms with van der Waals surface area (Å²) in [6.45, 7) is 6.60. The summed E-state index contributed by atoms with van der Waals surface area (Å²) in [5.74, 6) is -1.62. The maximum atomic E-state index is 14.1. The van der Waals surface area contributed by atoms with Crippen molar-refractivity contribution in [1.82, 2.24) is 9.96 Å². The van der Waals surface area contributed by atoms with E-state index in [1.54, 1.807) is 20.8 Å². The predicted octanol–water partition coefficient (Wildman–Crippen LogP) is 1.90. The van der Waals surface area contributed by atoms with Crippen LogP contribution in [0.4, 0.5) is 4.39 Å². The summed E-state index contributed by atoms with van der Waals surface area (Å²) >= 11 is 0. The molecular formula is C17H21FN2O4. The average Bonchev–Trinajstić information content (AvgIpc) is 2.54. The van der Waals surface area contributed by atoms with Gasteiger partial charge in [0, 0.05) is 13.1 Å². The van der Waals surface area contributed by atoms with E-state index in [0.29, 0.717) is 32.5 Å². The summed E-state index contributed by atoms with van der Waals surface area (Å²) in [5, 5.41) is 1.51. The highest BCUT2D eigenvalue weighted by atomic mass is 19.1. The van der Waals surface area contributed by atoms with Gasteiger partial charge in [-0.1, -0.05) is 6.07 Å². The van der Waals surface area contributed by atoms with Crippen molar-refractivity contribution >= 4 is 18.2 Å². The third-order valence-corrected chi connectivity index (χ3v) is 3.74. The van der Waals surface area contributed by atoms with E-state index in [1.807, 2.05) is 0 Å². The second-order valence-electron chi connectivity index (χ2n) is 6.68. The molecule has 6 nitrogen and oxygen atoms in total. The number of rotatable bonds is 3. The van der Waals surface area contributed by atoms with Crippen LogP contribution in [0.3, 0.4) is 0 Å². The van der Waals surface area contributed by atoms with Gasteiger partial charge in [-0.2, -0.15) is 0 Å². The second kappa shape index (κ2) is 7.09. The molecular weight excluding hydrogens is 315 g/mol. The highest BCUT2D eigenvalue weighted by molar-refractivity contribution is 5.96. The number of piperazine rings is 1. The first-order valence-corrected chi connectivity index (χ1v) is 7.74. The fourth-order valence-electron chi connectivity index (χ4n) is 2.21. The zero-order valence-corrected chi connectivity index (χ0v) is 14.0. The van der Waals surface area contributed by atoms with Gasteiger partial charge in [-0.05, 0) is 32.9 Å². The number of hydrogen-bond donors (Lipinski definition) is 0. The Morgan fingerprint density at radius 3 is 2.33 bits per heavy atom. The Labute approximate surface area is 140 Å². The molecule has 1 saturated heterocycles. The van der Waals surface area contributed by atoms with E-state index in [9.17, 15) is 18.8 Å². The first kappa shape index (κ1) is 18.1. The van der Waals surface area contributed by atoms with Crippen LogP contribution in [0, 0.1) is 11.2 Å². The molecule has 2 rings (SSSR count). The van der Waals surface area contributed by atoms with Crippen molar-refractivity contribution in [2.24, 2.45) is 5.41 Å². The predicted molar refractivity (Wildman–Crippen MR) is 84.8 cm³/mol. The Morgan fingerprint density at radius 1 is 1.17 bits per heavy atom. The van der Waals surface area contributed by atoms with Gasteiger partial charge < -0.3 is 9.74 Å². The highest BCUT2D eigenvalue weighted by Crippen LogP contribution is 2.18. The Balaban J connectivity index is 1.99. The van der Waals surface area contributed by atoms with Gasteiger partial charge in [0.05, 0.1) is 29.6 Å². The van der Waals surface area contributed by atoms with Crippen molar-refractivity contribution in [2.75, 3.05) is 26.2 Å². The lowest BCUT2D eigenvalue weighted by molar-refractivity contribution is -0.205. The second-order valence-corrected chi connectivity index (χ2v) is 6.68. The van der Waals surface area contributed by atoms with Crippen LogP contribution in [-0.4, -0.2) is 54.3 Å². The number of carbonyl (C=O) groups is 3. The van der Waals surface area contributed by atoms with Crippen LogP contribution < -0.4 is 0 Å². The Morgan fingerprint density at radius 2 is 1.79 bits per heavy atom. The molecule has 1 aromatic carbocycles. The smallest absolute Gasteiger partial charge is 0.330 e. The van der Waals surface area contributed by atoms with E-state index in [2.05, 4.69) is 0 Å². The fourth-order valence-corrected chi connectivity index (χ4v) is 2.21. The van der Waals surface area contributed by atoms with Crippen LogP contribution in [0.1, 0.15) is 41.5 Å². The number of halogens is 1. The molecule has 0 aliphatic carbocycles. The average molecular weight is 336 g/mol. The molecule has 1 heterocycles. The molecule has 0 unspecified atom stereocenters. The normalized spacial score (nSPS) is 15.9. The molecule has 0 aromatic heterocycles. The maximum absolute atomic E-state index is 14.1. The van der Waals surface area contributed by atoms with Crippen LogP contribution in [0.15, 0.2) is 18.2 Å². The SMILES string of the molecule is CC(C)(C)C(=O)ON1CCN(C(=O)c2cccc(C=O)c2F)CC1. The Hall–Kier alpha value is -2.28. The van der Waals surface area contributed by atoms with Gasteiger partial charge in [-0.15, -0.1) is 5.06 Å². The van der Waals surface area contributed by atoms with E-state index >= 15 is 0 Å². The Bertz CT molecular complexity index is 646. The number of carbonyl (C=O) groups excluding carboxylic acids is 3. The lowest BCUT2D eigenvalue weighted by Crippen LogP contribution is -2.50. The van der Waals surface area contributed by atoms with Crippen molar-refractivity contribution in [1.29, 1.82) is 0 Å². The summed E-state index contributed by atoms with van der Waals surface area (Å²) in [5.41, 5.74) is -0.871. The van der Waals surface area contributed by atoms with Crippen molar-refractivity contribution < 1.29 is 23.6 Å². The van der Waals surface area contributed by atoms with Crippen LogP contribution in [0.25, 0.3) is 0 Å². The lowest BCUT2D eigenvalue weighted by atomic mass is 9.98. The third kappa shape index (κ3) is 3.97. The van der Waals surface area contributed by atoms with Gasteiger partial charge in [-0.25, -0.2) is 9.18 Å². The Kier molecular flexibility index (Phi) is 5.33. The minimum atomic E-state index is -0.806. The molecule has 1 aliphatic rings. The molecule has 24 heavy (non-hydrogen) atoms. The van der Waals surface area contributed by atoms with Crippen molar-refractivity contribution in [3.05, 3.63) is 35.1 Å². The topological polar surface area (TPSA) is 66.9 Å². The zero-order valence-electron chi connectivity index (χ0n) is 14.0. The number of amides is 1. The molecule has 0 saturated carbocycles. The quantitative estimate of drug-likeness (QED) is 0.789. The van der Waals surface area contributed by atoms with Gasteiger partial charge in [0.15, 0.2) is 6.29 Å². The minimum absolute atomic E-state index is 0.125. The molecule has 1 aromatic rings. The molecule has 0 radical (unpaired) electrons. The summed E-state index contributed by atoms with van der Waals surface area (Å²) in [4.78, 5) is 41.8. The van der Waals surface area contributed by atoms with E-state index < -0.39 is 17.1 Å². The molecule has 0 bridgehead atoms. The maximum Gasteiger partial charge on any atom is 0.330 e. The number of benzene rings is 1. The van der Waals surface area contributed by atoms with Crippen molar-refractivity contribution in [3.8, 4) is 0 Å². The van der Waals surface area contributed by atoms with Gasteiger partial charge in [-0.3, -0.25) is 9.59 Å². The first-order valence-electron chi connectivity index (χ1n) is 7.74. The lowest BCUT2D eigenvalue weighted by Gasteiger charge is -2.34. The number of hydrogen-bond acceptors (Lipinski definition) is 5. The van der Waals surface area contributed by atoms with E-state index in [1.165, 1.54) is 28.2 Å². The molecule has 0 atom stereocenters. The van der Waals surface area contributed by atoms with Gasteiger partial charge in [0.25, 0.3) is 5.91 Å². The van der Waals surface area contributed by atoms with Crippen LogP contribution in [-0.2, 0) is 9.63 Å². The van der Waals surface area contributed by atoms with Crippen LogP contribution >= 0.6 is 0 Å². The van der Waals surface area contributed by atoms with Crippen LogP contribution in [0.5, 0.6) is 0 Å². The number of nitrogens with zero attached hydrogens (tertiary/aromatic N) is 2. The summed E-state index contributed by atoms with van der Waals surface area (Å²) in [6, 6.07) is 4.15. The molecule has 0 spiro atoms. The largest absolute Gasteiger partial charge is 0.367 e. The van der Waals surface area contributed by atoms with Gasteiger partial charge in [0.1, 0.15) is 5.82 Å².